The summed E-state index contributed by atoms with van der Waals surface area (Å²) in [5.74, 6) is 9.30. The van der Waals surface area contributed by atoms with Crippen molar-refractivity contribution < 1.29 is 0 Å². The minimum atomic E-state index is 0. The average Bonchev–Trinajstić information content (AvgIpc) is 1.64. The second kappa shape index (κ2) is 51.6. The number of nitrogens with two attached hydrogens (primary N) is 4. The van der Waals surface area contributed by atoms with Crippen LogP contribution in [0.25, 0.3) is 22.6 Å². The fourth-order valence-electron chi connectivity index (χ4n) is 13.9. The molecule has 24 nitrogen and oxygen atoms in total. The van der Waals surface area contributed by atoms with E-state index in [-0.39, 0.29) is 29.7 Å². The number of benzene rings is 4. The zero-order chi connectivity index (χ0) is 78.4. The van der Waals surface area contributed by atoms with Crippen LogP contribution in [0.15, 0.2) is 170 Å². The van der Waals surface area contributed by atoms with Crippen molar-refractivity contribution in [3.8, 4) is 0 Å². The molecule has 2 aliphatic rings. The molecule has 14 rings (SSSR count). The second-order valence-electron chi connectivity index (χ2n) is 30.3. The van der Waals surface area contributed by atoms with Gasteiger partial charge in [0.1, 0.15) is 46.5 Å². The van der Waals surface area contributed by atoms with Gasteiger partial charge in [0.15, 0.2) is 22.6 Å². The lowest BCUT2D eigenvalue weighted by atomic mass is 9.81. The summed E-state index contributed by atoms with van der Waals surface area (Å²) in [5.41, 5.74) is 36.0. The molecule has 4 aromatic carbocycles. The van der Waals surface area contributed by atoms with Gasteiger partial charge in [-0.1, -0.05) is 230 Å². The highest BCUT2D eigenvalue weighted by molar-refractivity contribution is 5.65. The van der Waals surface area contributed by atoms with Gasteiger partial charge in [-0.25, -0.2) is 19.9 Å². The van der Waals surface area contributed by atoms with Gasteiger partial charge in [0, 0.05) is 98.9 Å². The molecule has 117 heavy (non-hydrogen) atoms. The summed E-state index contributed by atoms with van der Waals surface area (Å²) in [6.07, 6.45) is 34.5. The Hall–Kier alpha value is -10.4. The van der Waals surface area contributed by atoms with E-state index in [1.807, 2.05) is 73.2 Å². The molecular weight excluding hydrogens is 1450 g/mol. The lowest BCUT2D eigenvalue weighted by Gasteiger charge is -2.24. The van der Waals surface area contributed by atoms with E-state index in [9.17, 15) is 0 Å². The van der Waals surface area contributed by atoms with Crippen LogP contribution in [-0.2, 0) is 39.0 Å². The van der Waals surface area contributed by atoms with Crippen LogP contribution in [0.3, 0.4) is 0 Å². The first-order chi connectivity index (χ1) is 55.7. The fraction of sp³-hybridized carbons (Fsp3) is 0.484. The Bertz CT molecular complexity index is 4670. The van der Waals surface area contributed by atoms with E-state index in [1.165, 1.54) is 122 Å². The molecule has 0 unspecified atom stereocenters. The van der Waals surface area contributed by atoms with Gasteiger partial charge in [0.2, 0.25) is 0 Å². The van der Waals surface area contributed by atoms with Crippen molar-refractivity contribution in [1.82, 2.24) is 58.4 Å². The van der Waals surface area contributed by atoms with Crippen LogP contribution in [0.1, 0.15) is 242 Å². The zero-order valence-corrected chi connectivity index (χ0v) is 67.3. The van der Waals surface area contributed by atoms with Crippen molar-refractivity contribution in [2.24, 2.45) is 28.9 Å². The van der Waals surface area contributed by atoms with Crippen molar-refractivity contribution in [3.63, 3.8) is 0 Å². The highest BCUT2D eigenvalue weighted by Crippen LogP contribution is 2.42. The maximum absolute atomic E-state index is 5.58. The third-order valence-corrected chi connectivity index (χ3v) is 20.7. The molecular formula is C93H142N24. The van der Waals surface area contributed by atoms with Gasteiger partial charge in [0.25, 0.3) is 0 Å². The first-order valence-corrected chi connectivity index (χ1v) is 42.1. The van der Waals surface area contributed by atoms with Crippen LogP contribution in [0.4, 0.5) is 46.5 Å². The Kier molecular flexibility index (Phi) is 41.4. The van der Waals surface area contributed by atoms with E-state index in [4.69, 9.17) is 42.9 Å². The Balaban J connectivity index is 0.000000213. The summed E-state index contributed by atoms with van der Waals surface area (Å²) < 4.78 is 7.73. The highest BCUT2D eigenvalue weighted by Gasteiger charge is 2.29. The molecule has 0 bridgehead atoms. The molecule has 2 saturated carbocycles. The second-order valence-corrected chi connectivity index (χ2v) is 30.3. The Labute approximate surface area is 698 Å². The molecule has 8 heterocycles. The number of rotatable bonds is 45. The van der Waals surface area contributed by atoms with Gasteiger partial charge in [-0.2, -0.15) is 38.5 Å². The Morgan fingerprint density at radius 3 is 0.889 bits per heavy atom. The third kappa shape index (κ3) is 29.3. The highest BCUT2D eigenvalue weighted by atomic mass is 15.3. The molecule has 0 radical (unpaired) electrons. The summed E-state index contributed by atoms with van der Waals surface area (Å²) in [6, 6.07) is 49.9. The monoisotopic (exact) mass is 1600 g/mol. The Morgan fingerprint density at radius 1 is 0.333 bits per heavy atom. The number of nitrogens with one attached hydrogen (secondary N) is 8. The number of hydrogen-bond donors (Lipinski definition) is 12. The number of nitrogens with zero attached hydrogens (tertiary/aromatic N) is 12. The molecule has 0 spiro atoms. The molecule has 8 aromatic heterocycles. The summed E-state index contributed by atoms with van der Waals surface area (Å²) in [7, 11) is 0. The smallest absolute Gasteiger partial charge is 0.163 e. The molecule has 24 heteroatoms. The topological polar surface area (TPSA) is 321 Å². The van der Waals surface area contributed by atoms with E-state index in [2.05, 4.69) is 199 Å². The maximum atomic E-state index is 5.58. The van der Waals surface area contributed by atoms with Crippen molar-refractivity contribution in [2.75, 3.05) is 94.9 Å². The van der Waals surface area contributed by atoms with Gasteiger partial charge in [-0.15, -0.1) is 0 Å². The van der Waals surface area contributed by atoms with Gasteiger partial charge in [-0.05, 0) is 156 Å². The number of aryl methyl sites for hydroxylation is 1. The van der Waals surface area contributed by atoms with E-state index >= 15 is 0 Å². The molecule has 2 aliphatic carbocycles. The third-order valence-electron chi connectivity index (χ3n) is 20.7. The fourth-order valence-corrected chi connectivity index (χ4v) is 13.9. The first kappa shape index (κ1) is 93.8. The zero-order valence-electron chi connectivity index (χ0n) is 67.3. The van der Waals surface area contributed by atoms with Crippen LogP contribution in [0.5, 0.6) is 0 Å². The van der Waals surface area contributed by atoms with Crippen LogP contribution >= 0.6 is 0 Å². The Morgan fingerprint density at radius 2 is 0.607 bits per heavy atom. The standard InChI is InChI=1S/C23H32N6.C23H34N6.C22H30N6.C21H30N6.4CH4/c24-13-6-1-2-7-14-25-21-15-22(26-16-18-9-4-3-5-10-18)29-23(28-21)20(17-27-29)19-11-8-12-19;1-18(2)14-20-17-27-29-22(26-16-19-10-6-5-7-11-19)15-21(28-23(20)29)25-13-9-4-3-8-12-24;23-12-6-1-2-7-13-24-20-14-21(25-15-17-8-4-3-5-9-17)28-22(27-20)19(16-26-28)18-10-11-18;1-2-18-16-25-27-20(24-15-17-10-6-5-7-11-17)14-19(26-21(18)27)23-13-9-4-3-8-12-22;;;;/h3-5,9-10,15,17,19,26H,1-2,6-8,11-14,16,24H2,(H,25,28);5-7,10-11,15,17-18,26H,3-4,8-9,12-14,16,24H2,1-2H3,(H,25,28);3-5,8-9,14,16,18,25H,1-2,6-7,10-13,15,23H2,(H,24,27);5-7,10-11,14,16,24H,2-4,8-9,12-13,15,22H2,1H3,(H,23,26);4*1H4. The number of unbranched alkanes of at least 4 members (excludes halogenated alkanes) is 12. The van der Waals surface area contributed by atoms with Crippen LogP contribution in [-0.4, -0.2) is 111 Å². The lowest BCUT2D eigenvalue weighted by Crippen LogP contribution is -2.12. The van der Waals surface area contributed by atoms with Crippen LogP contribution in [0, 0.1) is 5.92 Å². The van der Waals surface area contributed by atoms with Crippen LogP contribution < -0.4 is 65.5 Å². The summed E-state index contributed by atoms with van der Waals surface area (Å²) >= 11 is 0. The minimum Gasteiger partial charge on any atom is -0.370 e. The number of aromatic nitrogens is 12. The predicted molar refractivity (Wildman–Crippen MR) is 494 cm³/mol. The molecule has 0 atom stereocenters. The normalized spacial score (nSPS) is 12.1. The summed E-state index contributed by atoms with van der Waals surface area (Å²) in [5, 5.41) is 46.5. The van der Waals surface area contributed by atoms with E-state index in [0.717, 1.165) is 217 Å². The van der Waals surface area contributed by atoms with Crippen molar-refractivity contribution >= 4 is 69.1 Å². The molecule has 12 aromatic rings. The van der Waals surface area contributed by atoms with E-state index in [1.54, 1.807) is 0 Å². The van der Waals surface area contributed by atoms with E-state index < -0.39 is 0 Å². The summed E-state index contributed by atoms with van der Waals surface area (Å²) in [4.78, 5) is 19.4. The molecule has 16 N–H and O–H groups in total. The molecule has 2 fully saturated rings. The molecule has 0 saturated heterocycles. The lowest BCUT2D eigenvalue weighted by molar-refractivity contribution is 0.421. The largest absolute Gasteiger partial charge is 0.370 e. The van der Waals surface area contributed by atoms with Gasteiger partial charge < -0.3 is 65.5 Å². The maximum Gasteiger partial charge on any atom is 0.163 e. The van der Waals surface area contributed by atoms with Crippen molar-refractivity contribution in [3.05, 3.63) is 215 Å². The number of anilines is 8. The minimum absolute atomic E-state index is 0. The van der Waals surface area contributed by atoms with Gasteiger partial charge in [0.05, 0.1) is 24.8 Å². The van der Waals surface area contributed by atoms with Crippen molar-refractivity contribution in [1.29, 1.82) is 0 Å². The summed E-state index contributed by atoms with van der Waals surface area (Å²) in [6.45, 7) is 16.4. The number of hydrogen-bond acceptors (Lipinski definition) is 20. The van der Waals surface area contributed by atoms with Gasteiger partial charge >= 0.3 is 0 Å². The molecule has 0 aliphatic heterocycles. The quantitative estimate of drug-likeness (QED) is 0.0158. The number of fused-ring (bicyclic) bond motifs is 4. The van der Waals surface area contributed by atoms with Gasteiger partial charge in [-0.3, -0.25) is 0 Å². The SMILES string of the molecule is C.C.C.C.CC(C)Cc1cnn2c(NCc3ccccc3)cc(NCCCCCCN)nc12.CCc1cnn2c(NCc3ccccc3)cc(NCCCCCCN)nc12.NCCCCCCNc1cc(NCc2ccccc2)n2ncc(C3CC3)c2n1.NCCCCCCNc1cc(NCc2ccccc2)n2ncc(C3CCC3)c2n1. The molecule has 634 valence electrons. The van der Waals surface area contributed by atoms with Crippen molar-refractivity contribution in [2.45, 2.75) is 236 Å². The van der Waals surface area contributed by atoms with Crippen LogP contribution in [0.2, 0.25) is 0 Å². The predicted octanol–water partition coefficient (Wildman–Crippen LogP) is 19.5. The van der Waals surface area contributed by atoms with E-state index in [0.29, 0.717) is 17.8 Å². The first-order valence-electron chi connectivity index (χ1n) is 42.1. The molecule has 0 amide bonds. The average molecular weight is 1600 g/mol.